The molecular formula is C12H15BrClNO4S. The summed E-state index contributed by atoms with van der Waals surface area (Å²) in [6, 6.07) is 4.30. The summed E-state index contributed by atoms with van der Waals surface area (Å²) in [5.41, 5.74) is 0.271. The summed E-state index contributed by atoms with van der Waals surface area (Å²) in [4.78, 5) is 13.6. The van der Waals surface area contributed by atoms with E-state index in [4.69, 9.17) is 15.4 Å². The van der Waals surface area contributed by atoms with Gasteiger partial charge in [-0.1, -0.05) is 0 Å². The van der Waals surface area contributed by atoms with Crippen LogP contribution in [0.2, 0.25) is 0 Å². The van der Waals surface area contributed by atoms with Gasteiger partial charge < -0.3 is 9.64 Å². The summed E-state index contributed by atoms with van der Waals surface area (Å²) in [6.07, 6.45) is 0.704. The summed E-state index contributed by atoms with van der Waals surface area (Å²) < 4.78 is 28.0. The summed E-state index contributed by atoms with van der Waals surface area (Å²) >= 11 is 3.10. The number of halogens is 2. The van der Waals surface area contributed by atoms with E-state index in [2.05, 4.69) is 15.9 Å². The monoisotopic (exact) mass is 383 g/mol. The third-order valence-electron chi connectivity index (χ3n) is 2.63. The molecule has 20 heavy (non-hydrogen) atoms. The third-order valence-corrected chi connectivity index (χ3v) is 4.95. The number of methoxy groups -OCH3 is 1. The van der Waals surface area contributed by atoms with Crippen molar-refractivity contribution in [2.24, 2.45) is 0 Å². The van der Waals surface area contributed by atoms with Gasteiger partial charge in [0.2, 0.25) is 0 Å². The summed E-state index contributed by atoms with van der Waals surface area (Å²) in [6.45, 7) is 1.07. The first-order valence-electron chi connectivity index (χ1n) is 5.76. The lowest BCUT2D eigenvalue weighted by Gasteiger charge is -2.17. The maximum Gasteiger partial charge on any atom is 0.262 e. The van der Waals surface area contributed by atoms with Crippen molar-refractivity contribution in [1.29, 1.82) is 0 Å². The number of ether oxygens (including phenoxy) is 1. The first-order chi connectivity index (χ1) is 9.27. The van der Waals surface area contributed by atoms with E-state index in [1.54, 1.807) is 20.2 Å². The lowest BCUT2D eigenvalue weighted by atomic mass is 10.2. The molecule has 1 amide bonds. The van der Waals surface area contributed by atoms with Crippen LogP contribution in [-0.4, -0.2) is 46.5 Å². The fraction of sp³-hybridized carbons (Fsp3) is 0.417. The van der Waals surface area contributed by atoms with E-state index in [1.807, 2.05) is 0 Å². The van der Waals surface area contributed by atoms with Crippen molar-refractivity contribution in [2.45, 2.75) is 11.3 Å². The highest BCUT2D eigenvalue weighted by Gasteiger charge is 2.19. The fourth-order valence-electron chi connectivity index (χ4n) is 1.59. The van der Waals surface area contributed by atoms with Gasteiger partial charge in [-0.25, -0.2) is 8.42 Å². The highest BCUT2D eigenvalue weighted by Crippen LogP contribution is 2.26. The van der Waals surface area contributed by atoms with Crippen LogP contribution >= 0.6 is 26.6 Å². The van der Waals surface area contributed by atoms with Crippen molar-refractivity contribution >= 4 is 41.6 Å². The lowest BCUT2D eigenvalue weighted by Crippen LogP contribution is -2.28. The Kier molecular flexibility index (Phi) is 6.44. The maximum absolute atomic E-state index is 12.2. The van der Waals surface area contributed by atoms with Crippen molar-refractivity contribution in [3.8, 4) is 0 Å². The van der Waals surface area contributed by atoms with Crippen molar-refractivity contribution in [2.75, 3.05) is 27.3 Å². The van der Waals surface area contributed by atoms with Crippen molar-refractivity contribution < 1.29 is 17.9 Å². The van der Waals surface area contributed by atoms with Gasteiger partial charge in [0.05, 0.1) is 4.90 Å². The van der Waals surface area contributed by atoms with Gasteiger partial charge in [-0.15, -0.1) is 0 Å². The maximum atomic E-state index is 12.2. The number of carbonyl (C=O) groups excluding carboxylic acids is 1. The highest BCUT2D eigenvalue weighted by molar-refractivity contribution is 9.10. The van der Waals surface area contributed by atoms with Crippen molar-refractivity contribution in [3.63, 3.8) is 0 Å². The predicted octanol–water partition coefficient (Wildman–Crippen LogP) is 2.49. The zero-order valence-corrected chi connectivity index (χ0v) is 14.3. The quantitative estimate of drug-likeness (QED) is 0.558. The van der Waals surface area contributed by atoms with E-state index < -0.39 is 9.05 Å². The molecule has 0 atom stereocenters. The largest absolute Gasteiger partial charge is 0.385 e. The van der Waals surface area contributed by atoms with Crippen LogP contribution in [-0.2, 0) is 13.8 Å². The Balaban J connectivity index is 2.94. The molecule has 0 heterocycles. The Morgan fingerprint density at radius 3 is 2.65 bits per heavy atom. The molecule has 1 rings (SSSR count). The number of amides is 1. The molecule has 0 spiro atoms. The standard InChI is InChI=1S/C12H15BrClNO4S/c1-15(6-3-7-19-2)12(16)9-4-5-10(13)11(8-9)20(14,17)18/h4-5,8H,3,6-7H2,1-2H3. The molecule has 0 fully saturated rings. The molecule has 0 N–H and O–H groups in total. The van der Waals surface area contributed by atoms with Crippen LogP contribution in [0.25, 0.3) is 0 Å². The van der Waals surface area contributed by atoms with Gasteiger partial charge in [0.1, 0.15) is 0 Å². The zero-order chi connectivity index (χ0) is 15.3. The molecule has 0 saturated carbocycles. The van der Waals surface area contributed by atoms with Crippen LogP contribution in [0.3, 0.4) is 0 Å². The van der Waals surface area contributed by atoms with Crippen LogP contribution in [0, 0.1) is 0 Å². The van der Waals surface area contributed by atoms with Crippen LogP contribution < -0.4 is 0 Å². The molecule has 0 saturated heterocycles. The Morgan fingerprint density at radius 2 is 2.10 bits per heavy atom. The molecule has 0 aliphatic carbocycles. The van der Waals surface area contributed by atoms with Crippen molar-refractivity contribution in [1.82, 2.24) is 4.90 Å². The molecule has 8 heteroatoms. The Labute approximate surface area is 131 Å². The number of hydrogen-bond acceptors (Lipinski definition) is 4. The van der Waals surface area contributed by atoms with Crippen LogP contribution in [0.1, 0.15) is 16.8 Å². The number of rotatable bonds is 6. The second-order valence-corrected chi connectivity index (χ2v) is 7.54. The minimum Gasteiger partial charge on any atom is -0.385 e. The van der Waals surface area contributed by atoms with Crippen LogP contribution in [0.15, 0.2) is 27.6 Å². The first-order valence-corrected chi connectivity index (χ1v) is 8.86. The molecule has 1 aromatic rings. The smallest absolute Gasteiger partial charge is 0.262 e. The van der Waals surface area contributed by atoms with E-state index in [-0.39, 0.29) is 16.4 Å². The lowest BCUT2D eigenvalue weighted by molar-refractivity contribution is 0.0779. The topological polar surface area (TPSA) is 63.7 Å². The van der Waals surface area contributed by atoms with E-state index >= 15 is 0 Å². The Bertz CT molecular complexity index is 591. The molecule has 0 radical (unpaired) electrons. The van der Waals surface area contributed by atoms with Gasteiger partial charge in [-0.2, -0.15) is 0 Å². The van der Waals surface area contributed by atoms with Crippen molar-refractivity contribution in [3.05, 3.63) is 28.2 Å². The Morgan fingerprint density at radius 1 is 1.45 bits per heavy atom. The van der Waals surface area contributed by atoms with E-state index in [9.17, 15) is 13.2 Å². The normalized spacial score (nSPS) is 11.4. The molecule has 0 bridgehead atoms. The second kappa shape index (κ2) is 7.40. The summed E-state index contributed by atoms with van der Waals surface area (Å²) in [7, 11) is 4.66. The number of benzene rings is 1. The average molecular weight is 385 g/mol. The first kappa shape index (κ1) is 17.4. The molecule has 0 unspecified atom stereocenters. The molecule has 1 aromatic carbocycles. The Hall–Kier alpha value is -0.630. The second-order valence-electron chi connectivity index (χ2n) is 4.16. The van der Waals surface area contributed by atoms with Gasteiger partial charge in [0, 0.05) is 48.0 Å². The van der Waals surface area contributed by atoms with Gasteiger partial charge in [-0.05, 0) is 40.5 Å². The molecular weight excluding hydrogens is 370 g/mol. The van der Waals surface area contributed by atoms with Gasteiger partial charge in [0.25, 0.3) is 15.0 Å². The summed E-state index contributed by atoms with van der Waals surface area (Å²) in [5, 5.41) is 0. The van der Waals surface area contributed by atoms with Gasteiger partial charge >= 0.3 is 0 Å². The molecule has 0 aromatic heterocycles. The van der Waals surface area contributed by atoms with E-state index in [1.165, 1.54) is 17.0 Å². The minimum absolute atomic E-state index is 0.115. The molecule has 0 aliphatic rings. The van der Waals surface area contributed by atoms with E-state index in [0.29, 0.717) is 24.0 Å². The van der Waals surface area contributed by atoms with Crippen LogP contribution in [0.5, 0.6) is 0 Å². The third kappa shape index (κ3) is 4.73. The van der Waals surface area contributed by atoms with Gasteiger partial charge in [-0.3, -0.25) is 4.79 Å². The zero-order valence-electron chi connectivity index (χ0n) is 11.1. The highest BCUT2D eigenvalue weighted by atomic mass is 79.9. The fourth-order valence-corrected chi connectivity index (χ4v) is 3.71. The predicted molar refractivity (Wildman–Crippen MR) is 80.6 cm³/mol. The molecule has 112 valence electrons. The number of carbonyl (C=O) groups is 1. The number of hydrogen-bond donors (Lipinski definition) is 0. The average Bonchev–Trinajstić information content (AvgIpc) is 2.37. The SMILES string of the molecule is COCCCN(C)C(=O)c1ccc(Br)c(S(=O)(=O)Cl)c1. The molecule has 5 nitrogen and oxygen atoms in total. The number of nitrogens with zero attached hydrogens (tertiary/aromatic N) is 1. The summed E-state index contributed by atoms with van der Waals surface area (Å²) in [5.74, 6) is -0.268. The van der Waals surface area contributed by atoms with Gasteiger partial charge in [0.15, 0.2) is 0 Å². The minimum atomic E-state index is -3.90. The van der Waals surface area contributed by atoms with E-state index in [0.717, 1.165) is 0 Å². The molecule has 0 aliphatic heterocycles. The van der Waals surface area contributed by atoms with Crippen LogP contribution in [0.4, 0.5) is 0 Å².